The summed E-state index contributed by atoms with van der Waals surface area (Å²) in [6.45, 7) is 2.24. The molecule has 0 spiro atoms. The highest BCUT2D eigenvalue weighted by atomic mass is 35.5. The second-order valence-corrected chi connectivity index (χ2v) is 6.38. The van der Waals surface area contributed by atoms with Crippen LogP contribution in [0, 0.1) is 5.92 Å². The molecule has 1 saturated carbocycles. The first-order chi connectivity index (χ1) is 9.60. The van der Waals surface area contributed by atoms with Crippen molar-refractivity contribution in [3.63, 3.8) is 0 Å². The van der Waals surface area contributed by atoms with Crippen LogP contribution in [0.4, 0.5) is 0 Å². The fraction of sp³-hybridized carbons (Fsp3) is 0.562. The number of rotatable bonds is 4. The number of carbonyl (C=O) groups is 1. The Morgan fingerprint density at radius 3 is 2.35 bits per heavy atom. The lowest BCUT2D eigenvalue weighted by Gasteiger charge is -2.28. The maximum absolute atomic E-state index is 12.1. The van der Waals surface area contributed by atoms with Gasteiger partial charge in [-0.2, -0.15) is 0 Å². The van der Waals surface area contributed by atoms with E-state index in [0.717, 1.165) is 24.3 Å². The molecule has 20 heavy (non-hydrogen) atoms. The Bertz CT molecular complexity index is 447. The number of amides is 1. The van der Waals surface area contributed by atoms with E-state index >= 15 is 0 Å². The van der Waals surface area contributed by atoms with Gasteiger partial charge < -0.3 is 5.32 Å². The quantitative estimate of drug-likeness (QED) is 0.863. The Morgan fingerprint density at radius 2 is 1.80 bits per heavy atom. The predicted octanol–water partition coefficient (Wildman–Crippen LogP) is 4.62. The summed E-state index contributed by atoms with van der Waals surface area (Å²) < 4.78 is 0. The molecule has 2 rings (SSSR count). The summed E-state index contributed by atoms with van der Waals surface area (Å²) in [6, 6.07) is 5.63. The van der Waals surface area contributed by atoms with Gasteiger partial charge in [0.15, 0.2) is 0 Å². The SMILES string of the molecule is CCC1CCC(NC(=O)Cc2c(Cl)cccc2Cl)CC1. The fourth-order valence-corrected chi connectivity index (χ4v) is 3.39. The Kier molecular flexibility index (Phi) is 5.74. The van der Waals surface area contributed by atoms with Crippen LogP contribution >= 0.6 is 23.2 Å². The van der Waals surface area contributed by atoms with Crippen LogP contribution in [0.25, 0.3) is 0 Å². The molecule has 0 saturated heterocycles. The third-order valence-corrected chi connectivity index (χ3v) is 4.90. The Balaban J connectivity index is 1.87. The van der Waals surface area contributed by atoms with Crippen molar-refractivity contribution in [1.82, 2.24) is 5.32 Å². The number of nitrogens with one attached hydrogen (secondary N) is 1. The summed E-state index contributed by atoms with van der Waals surface area (Å²) in [5, 5.41) is 4.23. The molecular weight excluding hydrogens is 293 g/mol. The lowest BCUT2D eigenvalue weighted by Crippen LogP contribution is -2.38. The molecule has 0 bridgehead atoms. The van der Waals surface area contributed by atoms with Crippen molar-refractivity contribution < 1.29 is 4.79 Å². The number of halogens is 2. The zero-order chi connectivity index (χ0) is 14.5. The van der Waals surface area contributed by atoms with E-state index in [2.05, 4.69) is 12.2 Å². The number of hydrogen-bond donors (Lipinski definition) is 1. The van der Waals surface area contributed by atoms with Crippen LogP contribution in [0.2, 0.25) is 10.0 Å². The Labute approximate surface area is 130 Å². The van der Waals surface area contributed by atoms with Crippen LogP contribution in [0.5, 0.6) is 0 Å². The molecular formula is C16H21Cl2NO. The standard InChI is InChI=1S/C16H21Cl2NO/c1-2-11-6-8-12(9-7-11)19-16(20)10-13-14(17)4-3-5-15(13)18/h3-5,11-12H,2,6-10H2,1H3,(H,19,20). The van der Waals surface area contributed by atoms with Crippen molar-refractivity contribution in [2.45, 2.75) is 51.5 Å². The third-order valence-electron chi connectivity index (χ3n) is 4.19. The summed E-state index contributed by atoms with van der Waals surface area (Å²) in [4.78, 5) is 12.1. The monoisotopic (exact) mass is 313 g/mol. The van der Waals surface area contributed by atoms with Gasteiger partial charge in [-0.3, -0.25) is 4.79 Å². The highest BCUT2D eigenvalue weighted by Crippen LogP contribution is 2.27. The first kappa shape index (κ1) is 15.7. The predicted molar refractivity (Wildman–Crippen MR) is 84.3 cm³/mol. The summed E-state index contributed by atoms with van der Waals surface area (Å²) >= 11 is 12.2. The maximum Gasteiger partial charge on any atom is 0.224 e. The van der Waals surface area contributed by atoms with Crippen LogP contribution in [0.15, 0.2) is 18.2 Å². The zero-order valence-electron chi connectivity index (χ0n) is 11.8. The summed E-state index contributed by atoms with van der Waals surface area (Å²) in [6.07, 6.45) is 6.10. The number of benzene rings is 1. The van der Waals surface area contributed by atoms with Gasteiger partial charge in [0.05, 0.1) is 6.42 Å². The van der Waals surface area contributed by atoms with Crippen LogP contribution in [0.3, 0.4) is 0 Å². The molecule has 1 N–H and O–H groups in total. The molecule has 1 aromatic rings. The first-order valence-corrected chi connectivity index (χ1v) is 8.08. The fourth-order valence-electron chi connectivity index (χ4n) is 2.86. The van der Waals surface area contributed by atoms with Gasteiger partial charge >= 0.3 is 0 Å². The molecule has 1 aliphatic carbocycles. The Morgan fingerprint density at radius 1 is 1.20 bits per heavy atom. The van der Waals surface area contributed by atoms with E-state index in [4.69, 9.17) is 23.2 Å². The van der Waals surface area contributed by atoms with E-state index in [1.54, 1.807) is 18.2 Å². The van der Waals surface area contributed by atoms with E-state index in [1.165, 1.54) is 19.3 Å². The van der Waals surface area contributed by atoms with Crippen LogP contribution in [-0.4, -0.2) is 11.9 Å². The first-order valence-electron chi connectivity index (χ1n) is 7.32. The second-order valence-electron chi connectivity index (χ2n) is 5.57. The lowest BCUT2D eigenvalue weighted by atomic mass is 9.84. The average Bonchev–Trinajstić information content (AvgIpc) is 2.44. The zero-order valence-corrected chi connectivity index (χ0v) is 13.3. The van der Waals surface area contributed by atoms with E-state index in [0.29, 0.717) is 16.1 Å². The number of hydrogen-bond acceptors (Lipinski definition) is 1. The second kappa shape index (κ2) is 7.33. The summed E-state index contributed by atoms with van der Waals surface area (Å²) in [5.41, 5.74) is 0.718. The van der Waals surface area contributed by atoms with E-state index in [1.807, 2.05) is 0 Å². The molecule has 1 aromatic carbocycles. The molecule has 1 aliphatic rings. The van der Waals surface area contributed by atoms with Crippen molar-refractivity contribution in [1.29, 1.82) is 0 Å². The largest absolute Gasteiger partial charge is 0.353 e. The minimum atomic E-state index is 0.0138. The Hall–Kier alpha value is -0.730. The van der Waals surface area contributed by atoms with Gasteiger partial charge in [-0.05, 0) is 49.3 Å². The van der Waals surface area contributed by atoms with E-state index < -0.39 is 0 Å². The topological polar surface area (TPSA) is 29.1 Å². The molecule has 0 radical (unpaired) electrons. The van der Waals surface area contributed by atoms with Gasteiger partial charge in [0.25, 0.3) is 0 Å². The van der Waals surface area contributed by atoms with Gasteiger partial charge in [-0.15, -0.1) is 0 Å². The normalized spacial score (nSPS) is 22.6. The molecule has 0 atom stereocenters. The average molecular weight is 314 g/mol. The molecule has 0 unspecified atom stereocenters. The molecule has 1 amide bonds. The van der Waals surface area contributed by atoms with Crippen molar-refractivity contribution in [3.8, 4) is 0 Å². The van der Waals surface area contributed by atoms with Crippen LogP contribution in [0.1, 0.15) is 44.6 Å². The number of carbonyl (C=O) groups excluding carboxylic acids is 1. The van der Waals surface area contributed by atoms with Crippen LogP contribution in [-0.2, 0) is 11.2 Å². The lowest BCUT2D eigenvalue weighted by molar-refractivity contribution is -0.121. The molecule has 4 heteroatoms. The smallest absolute Gasteiger partial charge is 0.224 e. The van der Waals surface area contributed by atoms with E-state index in [-0.39, 0.29) is 12.3 Å². The molecule has 110 valence electrons. The highest BCUT2D eigenvalue weighted by Gasteiger charge is 2.21. The van der Waals surface area contributed by atoms with Gasteiger partial charge in [0, 0.05) is 16.1 Å². The third kappa shape index (κ3) is 4.13. The maximum atomic E-state index is 12.1. The molecule has 1 fully saturated rings. The van der Waals surface area contributed by atoms with Gasteiger partial charge in [-0.1, -0.05) is 42.6 Å². The van der Waals surface area contributed by atoms with E-state index in [9.17, 15) is 4.79 Å². The summed E-state index contributed by atoms with van der Waals surface area (Å²) in [7, 11) is 0. The van der Waals surface area contributed by atoms with Crippen molar-refractivity contribution >= 4 is 29.1 Å². The molecule has 2 nitrogen and oxygen atoms in total. The van der Waals surface area contributed by atoms with Crippen LogP contribution < -0.4 is 5.32 Å². The summed E-state index contributed by atoms with van der Waals surface area (Å²) in [5.74, 6) is 0.848. The van der Waals surface area contributed by atoms with Gasteiger partial charge in [-0.25, -0.2) is 0 Å². The molecule has 0 aliphatic heterocycles. The molecule has 0 heterocycles. The molecule has 0 aromatic heterocycles. The van der Waals surface area contributed by atoms with Gasteiger partial charge in [0.1, 0.15) is 0 Å². The minimum Gasteiger partial charge on any atom is -0.353 e. The van der Waals surface area contributed by atoms with Crippen molar-refractivity contribution in [2.75, 3.05) is 0 Å². The highest BCUT2D eigenvalue weighted by molar-refractivity contribution is 6.36. The van der Waals surface area contributed by atoms with Gasteiger partial charge in [0.2, 0.25) is 5.91 Å². The van der Waals surface area contributed by atoms with Crippen molar-refractivity contribution in [2.24, 2.45) is 5.92 Å². The minimum absolute atomic E-state index is 0.0138. The van der Waals surface area contributed by atoms with Crippen molar-refractivity contribution in [3.05, 3.63) is 33.8 Å².